The van der Waals surface area contributed by atoms with E-state index in [0.29, 0.717) is 14.7 Å². The molecular formula is C16H10BrIN2O4. The van der Waals surface area contributed by atoms with Crippen LogP contribution >= 0.6 is 38.5 Å². The summed E-state index contributed by atoms with van der Waals surface area (Å²) in [5.74, 6) is -0.543. The zero-order valence-corrected chi connectivity index (χ0v) is 15.7. The van der Waals surface area contributed by atoms with Crippen molar-refractivity contribution in [2.45, 2.75) is 0 Å². The first kappa shape index (κ1) is 16.8. The molecule has 24 heavy (non-hydrogen) atoms. The van der Waals surface area contributed by atoms with E-state index in [-0.39, 0.29) is 17.3 Å². The summed E-state index contributed by atoms with van der Waals surface area (Å²) >= 11 is 5.28. The number of carbonyl (C=O) groups is 1. The monoisotopic (exact) mass is 500 g/mol. The van der Waals surface area contributed by atoms with Gasteiger partial charge in [0.1, 0.15) is 17.1 Å². The van der Waals surface area contributed by atoms with Gasteiger partial charge in [0, 0.05) is 21.5 Å². The van der Waals surface area contributed by atoms with Gasteiger partial charge in [-0.1, -0.05) is 15.9 Å². The second-order valence-corrected chi connectivity index (χ2v) is 6.93. The summed E-state index contributed by atoms with van der Waals surface area (Å²) in [4.78, 5) is 12.1. The largest absolute Gasteiger partial charge is 0.507 e. The first-order valence-corrected chi connectivity index (χ1v) is 8.55. The number of hydrogen-bond acceptors (Lipinski definition) is 5. The maximum atomic E-state index is 12.1. The number of aromatic hydroxyl groups is 2. The number of carbonyl (C=O) groups excluding carboxylic acids is 1. The van der Waals surface area contributed by atoms with Gasteiger partial charge in [0.2, 0.25) is 0 Å². The van der Waals surface area contributed by atoms with E-state index in [9.17, 15) is 15.0 Å². The molecule has 6 nitrogen and oxygen atoms in total. The summed E-state index contributed by atoms with van der Waals surface area (Å²) in [6.07, 6.45) is 1.29. The highest BCUT2D eigenvalue weighted by Gasteiger charge is 2.12. The Hall–Kier alpha value is -2.07. The molecule has 8 heteroatoms. The second-order valence-electron chi connectivity index (χ2n) is 4.85. The van der Waals surface area contributed by atoms with Gasteiger partial charge >= 0.3 is 5.91 Å². The molecule has 1 amide bonds. The zero-order chi connectivity index (χ0) is 17.3. The maximum absolute atomic E-state index is 12.1. The third-order valence-corrected chi connectivity index (χ3v) is 4.53. The lowest BCUT2D eigenvalue weighted by molar-refractivity contribution is 0.0929. The van der Waals surface area contributed by atoms with E-state index in [0.717, 1.165) is 9.86 Å². The molecule has 0 atom stereocenters. The first-order valence-electron chi connectivity index (χ1n) is 6.68. The van der Waals surface area contributed by atoms with Crippen LogP contribution in [0.15, 0.2) is 50.4 Å². The molecule has 3 aromatic rings. The summed E-state index contributed by atoms with van der Waals surface area (Å²) in [7, 11) is 0. The normalized spacial score (nSPS) is 11.2. The molecule has 0 aliphatic heterocycles. The van der Waals surface area contributed by atoms with E-state index in [2.05, 4.69) is 26.5 Å². The van der Waals surface area contributed by atoms with Crippen molar-refractivity contribution in [3.05, 3.63) is 55.8 Å². The first-order chi connectivity index (χ1) is 11.4. The van der Waals surface area contributed by atoms with Crippen molar-refractivity contribution in [3.8, 4) is 11.5 Å². The van der Waals surface area contributed by atoms with Crippen LogP contribution in [0.3, 0.4) is 0 Å². The van der Waals surface area contributed by atoms with Crippen LogP contribution in [-0.4, -0.2) is 22.3 Å². The summed E-state index contributed by atoms with van der Waals surface area (Å²) in [6, 6.07) is 9.79. The molecule has 2 aromatic carbocycles. The van der Waals surface area contributed by atoms with Gasteiger partial charge in [0.25, 0.3) is 0 Å². The number of furan rings is 1. The average Bonchev–Trinajstić information content (AvgIpc) is 2.95. The van der Waals surface area contributed by atoms with E-state index in [1.54, 1.807) is 18.2 Å². The van der Waals surface area contributed by atoms with Crippen LogP contribution in [0.1, 0.15) is 16.1 Å². The lowest BCUT2D eigenvalue weighted by Gasteiger charge is -2.02. The van der Waals surface area contributed by atoms with Gasteiger partial charge in [-0.2, -0.15) is 5.10 Å². The van der Waals surface area contributed by atoms with Crippen molar-refractivity contribution in [2.24, 2.45) is 5.10 Å². The number of hydrazone groups is 1. The summed E-state index contributed by atoms with van der Waals surface area (Å²) in [6.45, 7) is 0. The second kappa shape index (κ2) is 6.81. The Morgan fingerprint density at radius 3 is 2.79 bits per heavy atom. The Balaban J connectivity index is 1.76. The number of amides is 1. The van der Waals surface area contributed by atoms with E-state index >= 15 is 0 Å². The fourth-order valence-corrected chi connectivity index (χ4v) is 2.88. The number of phenolic OH excluding ortho intramolecular Hbond substituents is 2. The molecule has 0 spiro atoms. The summed E-state index contributed by atoms with van der Waals surface area (Å²) < 4.78 is 6.90. The summed E-state index contributed by atoms with van der Waals surface area (Å²) in [5, 5.41) is 23.8. The Kier molecular flexibility index (Phi) is 4.76. The van der Waals surface area contributed by atoms with Crippen LogP contribution in [0, 0.1) is 3.57 Å². The number of rotatable bonds is 3. The van der Waals surface area contributed by atoms with Crippen LogP contribution in [0.25, 0.3) is 11.0 Å². The zero-order valence-electron chi connectivity index (χ0n) is 12.0. The number of phenols is 2. The Morgan fingerprint density at radius 1 is 1.21 bits per heavy atom. The quantitative estimate of drug-likeness (QED) is 0.288. The predicted molar refractivity (Wildman–Crippen MR) is 101 cm³/mol. The van der Waals surface area contributed by atoms with Gasteiger partial charge in [-0.05, 0) is 52.9 Å². The molecule has 3 rings (SSSR count). The highest BCUT2D eigenvalue weighted by Crippen LogP contribution is 2.27. The van der Waals surface area contributed by atoms with E-state index < -0.39 is 5.91 Å². The molecular weight excluding hydrogens is 491 g/mol. The number of hydrogen-bond donors (Lipinski definition) is 3. The molecule has 1 heterocycles. The molecule has 122 valence electrons. The number of nitrogens with one attached hydrogen (secondary N) is 1. The van der Waals surface area contributed by atoms with Crippen molar-refractivity contribution >= 4 is 61.6 Å². The minimum Gasteiger partial charge on any atom is -0.507 e. The molecule has 0 aliphatic carbocycles. The van der Waals surface area contributed by atoms with Gasteiger partial charge in [-0.25, -0.2) is 5.43 Å². The molecule has 0 aliphatic rings. The highest BCUT2D eigenvalue weighted by atomic mass is 127. The smallest absolute Gasteiger partial charge is 0.307 e. The van der Waals surface area contributed by atoms with Crippen LogP contribution in [-0.2, 0) is 0 Å². The maximum Gasteiger partial charge on any atom is 0.307 e. The minimum atomic E-state index is -0.508. The van der Waals surface area contributed by atoms with Gasteiger partial charge in [0.15, 0.2) is 5.76 Å². The summed E-state index contributed by atoms with van der Waals surface area (Å²) in [5.41, 5.74) is 3.30. The lowest BCUT2D eigenvalue weighted by atomic mass is 10.2. The highest BCUT2D eigenvalue weighted by molar-refractivity contribution is 14.1. The van der Waals surface area contributed by atoms with Gasteiger partial charge in [-0.3, -0.25) is 4.79 Å². The Labute approximate surface area is 158 Å². The molecule has 0 bridgehead atoms. The van der Waals surface area contributed by atoms with Crippen LogP contribution < -0.4 is 5.43 Å². The molecule has 3 N–H and O–H groups in total. The number of halogens is 2. The van der Waals surface area contributed by atoms with Gasteiger partial charge in [-0.15, -0.1) is 0 Å². The van der Waals surface area contributed by atoms with E-state index in [1.165, 1.54) is 12.3 Å². The Morgan fingerprint density at radius 2 is 2.00 bits per heavy atom. The van der Waals surface area contributed by atoms with Crippen molar-refractivity contribution in [3.63, 3.8) is 0 Å². The van der Waals surface area contributed by atoms with Crippen molar-refractivity contribution in [1.82, 2.24) is 5.43 Å². The number of fused-ring (bicyclic) bond motifs is 1. The number of nitrogens with zero attached hydrogens (tertiary/aromatic N) is 1. The lowest BCUT2D eigenvalue weighted by Crippen LogP contribution is -2.16. The minimum absolute atomic E-state index is 0.0253. The van der Waals surface area contributed by atoms with Gasteiger partial charge in [0.05, 0.1) is 9.78 Å². The standard InChI is InChI=1S/C16H10BrIN2O4/c17-10-1-2-14-8(3-10)5-15(24-14)16(23)20-19-7-9-4-11(18)13(22)6-12(9)21/h1-7,21-22H,(H,20,23)/b19-7+. The fourth-order valence-electron chi connectivity index (χ4n) is 2.01. The molecule has 0 unspecified atom stereocenters. The van der Waals surface area contributed by atoms with Crippen molar-refractivity contribution < 1.29 is 19.4 Å². The SMILES string of the molecule is O=C(N/N=C/c1cc(I)c(O)cc1O)c1cc2cc(Br)ccc2o1. The van der Waals surface area contributed by atoms with Crippen LogP contribution in [0.2, 0.25) is 0 Å². The van der Waals surface area contributed by atoms with Crippen LogP contribution in [0.4, 0.5) is 0 Å². The Bertz CT molecular complexity index is 968. The molecule has 0 saturated heterocycles. The molecule has 1 aromatic heterocycles. The van der Waals surface area contributed by atoms with E-state index in [4.69, 9.17) is 4.42 Å². The third-order valence-electron chi connectivity index (χ3n) is 3.17. The average molecular weight is 501 g/mol. The van der Waals surface area contributed by atoms with Crippen LogP contribution in [0.5, 0.6) is 11.5 Å². The molecule has 0 fully saturated rings. The number of benzene rings is 2. The fraction of sp³-hybridized carbons (Fsp3) is 0. The molecule has 0 radical (unpaired) electrons. The van der Waals surface area contributed by atoms with Crippen molar-refractivity contribution in [2.75, 3.05) is 0 Å². The predicted octanol–water partition coefficient (Wildman–Crippen LogP) is 3.98. The third kappa shape index (κ3) is 3.54. The van der Waals surface area contributed by atoms with Crippen molar-refractivity contribution in [1.29, 1.82) is 0 Å². The topological polar surface area (TPSA) is 95.1 Å². The van der Waals surface area contributed by atoms with E-state index in [1.807, 2.05) is 34.7 Å². The van der Waals surface area contributed by atoms with Gasteiger partial charge < -0.3 is 14.6 Å². The molecule has 0 saturated carbocycles.